The Morgan fingerprint density at radius 3 is 2.19 bits per heavy atom. The van der Waals surface area contributed by atoms with Gasteiger partial charge in [-0.1, -0.05) is 52.0 Å². The van der Waals surface area contributed by atoms with Crippen molar-refractivity contribution in [1.82, 2.24) is 0 Å². The first kappa shape index (κ1) is 19.5. The van der Waals surface area contributed by atoms with Crippen LogP contribution in [0.5, 0.6) is 0 Å². The molecule has 3 N–H and O–H groups in total. The summed E-state index contributed by atoms with van der Waals surface area (Å²) in [5.74, 6) is 0.0813. The highest BCUT2D eigenvalue weighted by atomic mass is 16.2. The second-order valence-electron chi connectivity index (χ2n) is 6.87. The zero-order valence-electron chi connectivity index (χ0n) is 15.8. The zero-order chi connectivity index (χ0) is 19.1. The predicted octanol–water partition coefficient (Wildman–Crippen LogP) is 4.46. The molecule has 26 heavy (non-hydrogen) atoms. The van der Waals surface area contributed by atoms with E-state index < -0.39 is 0 Å². The Morgan fingerprint density at radius 1 is 0.885 bits per heavy atom. The van der Waals surface area contributed by atoms with Crippen molar-refractivity contribution in [3.63, 3.8) is 0 Å². The number of anilines is 3. The van der Waals surface area contributed by atoms with Crippen LogP contribution >= 0.6 is 0 Å². The van der Waals surface area contributed by atoms with Crippen LogP contribution in [-0.2, 0) is 9.59 Å². The molecule has 5 nitrogen and oxygen atoms in total. The number of nitrogens with one attached hydrogen (secondary N) is 3. The number of hydrogen-bond acceptors (Lipinski definition) is 3. The van der Waals surface area contributed by atoms with Crippen molar-refractivity contribution in [1.29, 1.82) is 0 Å². The first-order valence-electron chi connectivity index (χ1n) is 8.90. The number of rotatable bonds is 7. The third kappa shape index (κ3) is 5.62. The minimum Gasteiger partial charge on any atom is -0.376 e. The SMILES string of the molecule is CC(C)C(=O)Nc1cccc(NC(=O)CNc2ccccc2C(C)C)c1. The van der Waals surface area contributed by atoms with Crippen LogP contribution in [0.1, 0.15) is 39.2 Å². The number of carbonyl (C=O) groups excluding carboxylic acids is 2. The van der Waals surface area contributed by atoms with Gasteiger partial charge >= 0.3 is 0 Å². The van der Waals surface area contributed by atoms with Crippen LogP contribution in [0.15, 0.2) is 48.5 Å². The number of hydrogen-bond donors (Lipinski definition) is 3. The van der Waals surface area contributed by atoms with E-state index in [1.807, 2.05) is 32.0 Å². The summed E-state index contributed by atoms with van der Waals surface area (Å²) >= 11 is 0. The molecule has 0 radical (unpaired) electrons. The van der Waals surface area contributed by atoms with E-state index in [0.29, 0.717) is 17.3 Å². The summed E-state index contributed by atoms with van der Waals surface area (Å²) in [7, 11) is 0. The number of para-hydroxylation sites is 1. The third-order valence-corrected chi connectivity index (χ3v) is 3.96. The molecule has 2 aromatic rings. The van der Waals surface area contributed by atoms with Crippen molar-refractivity contribution in [2.24, 2.45) is 5.92 Å². The molecular weight excluding hydrogens is 326 g/mol. The number of carbonyl (C=O) groups is 2. The Labute approximate surface area is 155 Å². The lowest BCUT2D eigenvalue weighted by Crippen LogP contribution is -2.22. The fourth-order valence-electron chi connectivity index (χ4n) is 2.50. The molecule has 5 heteroatoms. The standard InChI is InChI=1S/C21H27N3O2/c1-14(2)18-10-5-6-11-19(18)22-13-20(25)23-16-8-7-9-17(12-16)24-21(26)15(3)4/h5-12,14-15,22H,13H2,1-4H3,(H,23,25)(H,24,26). The highest BCUT2D eigenvalue weighted by Gasteiger charge is 2.09. The summed E-state index contributed by atoms with van der Waals surface area (Å²) in [6, 6.07) is 15.1. The Balaban J connectivity index is 1.95. The Morgan fingerprint density at radius 2 is 1.54 bits per heavy atom. The first-order chi connectivity index (χ1) is 12.4. The highest BCUT2D eigenvalue weighted by Crippen LogP contribution is 2.23. The average molecular weight is 353 g/mol. The van der Waals surface area contributed by atoms with Crippen LogP contribution in [0.3, 0.4) is 0 Å². The normalized spacial score (nSPS) is 10.7. The predicted molar refractivity (Wildman–Crippen MR) is 108 cm³/mol. The minimum absolute atomic E-state index is 0.0552. The molecule has 0 saturated carbocycles. The largest absolute Gasteiger partial charge is 0.376 e. The van der Waals surface area contributed by atoms with Gasteiger partial charge < -0.3 is 16.0 Å². The van der Waals surface area contributed by atoms with E-state index in [1.165, 1.54) is 5.56 Å². The van der Waals surface area contributed by atoms with Crippen LogP contribution in [0.4, 0.5) is 17.1 Å². The van der Waals surface area contributed by atoms with Crippen LogP contribution in [0.2, 0.25) is 0 Å². The second kappa shape index (κ2) is 9.04. The molecule has 0 saturated heterocycles. The fourth-order valence-corrected chi connectivity index (χ4v) is 2.50. The first-order valence-corrected chi connectivity index (χ1v) is 8.90. The van der Waals surface area contributed by atoms with Crippen molar-refractivity contribution in [2.45, 2.75) is 33.6 Å². The van der Waals surface area contributed by atoms with E-state index in [1.54, 1.807) is 24.3 Å². The third-order valence-electron chi connectivity index (χ3n) is 3.96. The molecule has 2 amide bonds. The number of amides is 2. The molecule has 0 aliphatic heterocycles. The Hall–Kier alpha value is -2.82. The summed E-state index contributed by atoms with van der Waals surface area (Å²) in [5, 5.41) is 8.87. The molecule has 0 bridgehead atoms. The lowest BCUT2D eigenvalue weighted by molar-refractivity contribution is -0.119. The Kier molecular flexibility index (Phi) is 6.78. The smallest absolute Gasteiger partial charge is 0.243 e. The van der Waals surface area contributed by atoms with Crippen molar-refractivity contribution in [3.05, 3.63) is 54.1 Å². The molecule has 138 valence electrons. The van der Waals surface area contributed by atoms with Gasteiger partial charge in [0.05, 0.1) is 6.54 Å². The topological polar surface area (TPSA) is 70.2 Å². The summed E-state index contributed by atoms with van der Waals surface area (Å²) < 4.78 is 0. The maximum Gasteiger partial charge on any atom is 0.243 e. The maximum absolute atomic E-state index is 12.2. The van der Waals surface area contributed by atoms with E-state index in [2.05, 4.69) is 35.9 Å². The lowest BCUT2D eigenvalue weighted by Gasteiger charge is -2.14. The lowest BCUT2D eigenvalue weighted by atomic mass is 10.0. The minimum atomic E-state index is -0.143. The van der Waals surface area contributed by atoms with Gasteiger partial charge in [0.2, 0.25) is 11.8 Å². The average Bonchev–Trinajstić information content (AvgIpc) is 2.60. The summed E-state index contributed by atoms with van der Waals surface area (Å²) in [6.45, 7) is 8.09. The van der Waals surface area contributed by atoms with Crippen LogP contribution < -0.4 is 16.0 Å². The summed E-state index contributed by atoms with van der Waals surface area (Å²) in [4.78, 5) is 24.0. The van der Waals surface area contributed by atoms with E-state index >= 15 is 0 Å². The van der Waals surface area contributed by atoms with Crippen molar-refractivity contribution >= 4 is 28.9 Å². The molecule has 0 atom stereocenters. The van der Waals surface area contributed by atoms with Crippen molar-refractivity contribution in [3.8, 4) is 0 Å². The van der Waals surface area contributed by atoms with E-state index in [4.69, 9.17) is 0 Å². The molecule has 2 aromatic carbocycles. The molecular formula is C21H27N3O2. The second-order valence-corrected chi connectivity index (χ2v) is 6.87. The van der Waals surface area contributed by atoms with Gasteiger partial charge in [-0.25, -0.2) is 0 Å². The molecule has 0 aliphatic carbocycles. The van der Waals surface area contributed by atoms with E-state index in [-0.39, 0.29) is 24.3 Å². The van der Waals surface area contributed by atoms with Gasteiger partial charge in [-0.05, 0) is 35.7 Å². The summed E-state index contributed by atoms with van der Waals surface area (Å²) in [6.07, 6.45) is 0. The quantitative estimate of drug-likeness (QED) is 0.688. The van der Waals surface area contributed by atoms with Gasteiger partial charge in [-0.15, -0.1) is 0 Å². The van der Waals surface area contributed by atoms with Gasteiger partial charge in [0.25, 0.3) is 0 Å². The molecule has 0 fully saturated rings. The van der Waals surface area contributed by atoms with Crippen molar-refractivity contribution in [2.75, 3.05) is 22.5 Å². The molecule has 0 aromatic heterocycles. The monoisotopic (exact) mass is 353 g/mol. The van der Waals surface area contributed by atoms with Crippen molar-refractivity contribution < 1.29 is 9.59 Å². The van der Waals surface area contributed by atoms with Crippen LogP contribution in [0.25, 0.3) is 0 Å². The van der Waals surface area contributed by atoms with E-state index in [9.17, 15) is 9.59 Å². The molecule has 0 spiro atoms. The van der Waals surface area contributed by atoms with Gasteiger partial charge in [-0.3, -0.25) is 9.59 Å². The molecule has 0 unspecified atom stereocenters. The van der Waals surface area contributed by atoms with Crippen LogP contribution in [0, 0.1) is 5.92 Å². The number of benzene rings is 2. The van der Waals surface area contributed by atoms with Gasteiger partial charge in [0.1, 0.15) is 0 Å². The maximum atomic E-state index is 12.2. The van der Waals surface area contributed by atoms with Gasteiger partial charge in [-0.2, -0.15) is 0 Å². The van der Waals surface area contributed by atoms with Gasteiger partial charge in [0, 0.05) is 23.0 Å². The van der Waals surface area contributed by atoms with Gasteiger partial charge in [0.15, 0.2) is 0 Å². The molecule has 0 heterocycles. The molecule has 2 rings (SSSR count). The Bertz CT molecular complexity index is 769. The van der Waals surface area contributed by atoms with E-state index in [0.717, 1.165) is 5.69 Å². The highest BCUT2D eigenvalue weighted by molar-refractivity contribution is 5.96. The fraction of sp³-hybridized carbons (Fsp3) is 0.333. The summed E-state index contributed by atoms with van der Waals surface area (Å²) in [5.41, 5.74) is 3.46. The zero-order valence-corrected chi connectivity index (χ0v) is 15.8. The molecule has 0 aliphatic rings. The van der Waals surface area contributed by atoms with Crippen LogP contribution in [-0.4, -0.2) is 18.4 Å².